The summed E-state index contributed by atoms with van der Waals surface area (Å²) in [6, 6.07) is 0.236. The highest BCUT2D eigenvalue weighted by Crippen LogP contribution is 2.23. The zero-order chi connectivity index (χ0) is 12.3. The van der Waals surface area contributed by atoms with Crippen molar-refractivity contribution in [3.05, 3.63) is 18.2 Å². The number of carbonyl (C=O) groups is 1. The molecule has 1 amide bonds. The number of halogens is 1. The number of carbonyl (C=O) groups excluding carboxylic acids is 1. The van der Waals surface area contributed by atoms with Crippen LogP contribution in [0.1, 0.15) is 42.6 Å². The van der Waals surface area contributed by atoms with Gasteiger partial charge in [0.1, 0.15) is 5.69 Å². The Morgan fingerprint density at radius 3 is 2.94 bits per heavy atom. The van der Waals surface area contributed by atoms with Gasteiger partial charge in [-0.25, -0.2) is 4.98 Å². The SMILES string of the molecule is Cn1cncc1C(=O)NC1CCCCCC1Br. The molecule has 1 aromatic rings. The van der Waals surface area contributed by atoms with Gasteiger partial charge in [-0.2, -0.15) is 0 Å². The van der Waals surface area contributed by atoms with E-state index in [0.29, 0.717) is 10.5 Å². The van der Waals surface area contributed by atoms with Gasteiger partial charge in [0.05, 0.1) is 12.5 Å². The lowest BCUT2D eigenvalue weighted by atomic mass is 10.1. The van der Waals surface area contributed by atoms with Crippen molar-refractivity contribution in [1.29, 1.82) is 0 Å². The molecule has 94 valence electrons. The van der Waals surface area contributed by atoms with Crippen molar-refractivity contribution in [1.82, 2.24) is 14.9 Å². The molecule has 1 aliphatic rings. The number of hydrogen-bond acceptors (Lipinski definition) is 2. The molecular formula is C12H18BrN3O. The van der Waals surface area contributed by atoms with Crippen LogP contribution < -0.4 is 5.32 Å². The Hall–Kier alpha value is -0.840. The number of imidazole rings is 1. The lowest BCUT2D eigenvalue weighted by molar-refractivity contribution is 0.0926. The first-order chi connectivity index (χ1) is 8.18. The summed E-state index contributed by atoms with van der Waals surface area (Å²) in [5.41, 5.74) is 0.619. The van der Waals surface area contributed by atoms with Crippen molar-refractivity contribution >= 4 is 21.8 Å². The molecule has 1 saturated carbocycles. The highest BCUT2D eigenvalue weighted by molar-refractivity contribution is 9.09. The van der Waals surface area contributed by atoms with Gasteiger partial charge in [0.25, 0.3) is 5.91 Å². The minimum Gasteiger partial charge on any atom is -0.347 e. The Morgan fingerprint density at radius 1 is 1.47 bits per heavy atom. The Labute approximate surface area is 110 Å². The number of rotatable bonds is 2. The Bertz CT molecular complexity index is 391. The predicted octanol–water partition coefficient (Wildman–Crippen LogP) is 2.25. The largest absolute Gasteiger partial charge is 0.347 e. The maximum Gasteiger partial charge on any atom is 0.269 e. The molecular weight excluding hydrogens is 282 g/mol. The lowest BCUT2D eigenvalue weighted by Crippen LogP contribution is -2.40. The Morgan fingerprint density at radius 2 is 2.24 bits per heavy atom. The van der Waals surface area contributed by atoms with Crippen molar-refractivity contribution in [2.24, 2.45) is 7.05 Å². The van der Waals surface area contributed by atoms with Gasteiger partial charge in [-0.15, -0.1) is 0 Å². The van der Waals surface area contributed by atoms with E-state index in [2.05, 4.69) is 26.2 Å². The second-order valence-electron chi connectivity index (χ2n) is 4.62. The number of aromatic nitrogens is 2. The smallest absolute Gasteiger partial charge is 0.269 e. The highest BCUT2D eigenvalue weighted by Gasteiger charge is 2.24. The first-order valence-electron chi connectivity index (χ1n) is 6.09. The molecule has 0 spiro atoms. The number of nitrogens with zero attached hydrogens (tertiary/aromatic N) is 2. The third-order valence-corrected chi connectivity index (χ3v) is 4.39. The van der Waals surface area contributed by atoms with Gasteiger partial charge in [0.2, 0.25) is 0 Å². The molecule has 0 aliphatic heterocycles. The zero-order valence-electron chi connectivity index (χ0n) is 10.0. The average Bonchev–Trinajstić information content (AvgIpc) is 2.63. The molecule has 1 aromatic heterocycles. The molecule has 0 radical (unpaired) electrons. The maximum absolute atomic E-state index is 12.1. The summed E-state index contributed by atoms with van der Waals surface area (Å²) in [5, 5.41) is 3.11. The molecule has 2 atom stereocenters. The van der Waals surface area contributed by atoms with Crippen LogP contribution in [0.25, 0.3) is 0 Å². The van der Waals surface area contributed by atoms with Gasteiger partial charge >= 0.3 is 0 Å². The van der Waals surface area contributed by atoms with Gasteiger partial charge < -0.3 is 9.88 Å². The topological polar surface area (TPSA) is 46.9 Å². The van der Waals surface area contributed by atoms with Crippen LogP contribution in [0.4, 0.5) is 0 Å². The van der Waals surface area contributed by atoms with E-state index in [1.165, 1.54) is 19.3 Å². The third-order valence-electron chi connectivity index (χ3n) is 3.30. The van der Waals surface area contributed by atoms with E-state index in [0.717, 1.165) is 12.8 Å². The monoisotopic (exact) mass is 299 g/mol. The van der Waals surface area contributed by atoms with E-state index in [4.69, 9.17) is 0 Å². The quantitative estimate of drug-likeness (QED) is 0.672. The molecule has 1 aliphatic carbocycles. The number of hydrogen-bond donors (Lipinski definition) is 1. The molecule has 0 saturated heterocycles. The molecule has 0 bridgehead atoms. The zero-order valence-corrected chi connectivity index (χ0v) is 11.6. The van der Waals surface area contributed by atoms with Crippen LogP contribution in [0.3, 0.4) is 0 Å². The number of amides is 1. The van der Waals surface area contributed by atoms with E-state index >= 15 is 0 Å². The highest BCUT2D eigenvalue weighted by atomic mass is 79.9. The average molecular weight is 300 g/mol. The van der Waals surface area contributed by atoms with Crippen molar-refractivity contribution in [3.63, 3.8) is 0 Å². The van der Waals surface area contributed by atoms with E-state index in [1.54, 1.807) is 17.1 Å². The van der Waals surface area contributed by atoms with Crippen molar-refractivity contribution in [3.8, 4) is 0 Å². The molecule has 4 nitrogen and oxygen atoms in total. The summed E-state index contributed by atoms with van der Waals surface area (Å²) < 4.78 is 1.75. The molecule has 0 aromatic carbocycles. The molecule has 1 N–H and O–H groups in total. The van der Waals surface area contributed by atoms with Gasteiger partial charge in [0.15, 0.2) is 0 Å². The molecule has 1 heterocycles. The summed E-state index contributed by atoms with van der Waals surface area (Å²) in [6.07, 6.45) is 9.14. The van der Waals surface area contributed by atoms with Crippen LogP contribution >= 0.6 is 15.9 Å². The third kappa shape index (κ3) is 3.09. The molecule has 1 fully saturated rings. The predicted molar refractivity (Wildman–Crippen MR) is 70.3 cm³/mol. The van der Waals surface area contributed by atoms with E-state index in [-0.39, 0.29) is 11.9 Å². The van der Waals surface area contributed by atoms with Crippen LogP contribution in [0.5, 0.6) is 0 Å². The maximum atomic E-state index is 12.1. The minimum atomic E-state index is -0.0265. The summed E-state index contributed by atoms with van der Waals surface area (Å²) in [5.74, 6) is -0.0265. The molecule has 2 unspecified atom stereocenters. The summed E-state index contributed by atoms with van der Waals surface area (Å²) in [7, 11) is 1.83. The van der Waals surface area contributed by atoms with Crippen LogP contribution in [-0.4, -0.2) is 26.3 Å². The van der Waals surface area contributed by atoms with Crippen molar-refractivity contribution in [2.45, 2.75) is 43.0 Å². The molecule has 2 rings (SSSR count). The summed E-state index contributed by atoms with van der Waals surface area (Å²) in [4.78, 5) is 16.4. The summed E-state index contributed by atoms with van der Waals surface area (Å²) in [6.45, 7) is 0. The van der Waals surface area contributed by atoms with Gasteiger partial charge in [-0.3, -0.25) is 4.79 Å². The first-order valence-corrected chi connectivity index (χ1v) is 7.01. The fourth-order valence-electron chi connectivity index (χ4n) is 2.24. The summed E-state index contributed by atoms with van der Waals surface area (Å²) >= 11 is 3.68. The van der Waals surface area contributed by atoms with Crippen molar-refractivity contribution in [2.75, 3.05) is 0 Å². The fraction of sp³-hybridized carbons (Fsp3) is 0.667. The number of nitrogens with one attached hydrogen (secondary N) is 1. The normalized spacial score (nSPS) is 25.3. The van der Waals surface area contributed by atoms with E-state index in [1.807, 2.05) is 7.05 Å². The van der Waals surface area contributed by atoms with Crippen molar-refractivity contribution < 1.29 is 4.79 Å². The van der Waals surface area contributed by atoms with E-state index < -0.39 is 0 Å². The standard InChI is InChI=1S/C12H18BrN3O/c1-16-8-14-7-11(16)12(17)15-10-6-4-2-3-5-9(10)13/h7-10H,2-6H2,1H3,(H,15,17). The van der Waals surface area contributed by atoms with Crippen LogP contribution in [0, 0.1) is 0 Å². The number of aryl methyl sites for hydroxylation is 1. The van der Waals surface area contributed by atoms with Crippen LogP contribution in [0.2, 0.25) is 0 Å². The van der Waals surface area contributed by atoms with Gasteiger partial charge in [-0.1, -0.05) is 35.2 Å². The van der Waals surface area contributed by atoms with Gasteiger partial charge in [0, 0.05) is 17.9 Å². The first kappa shape index (κ1) is 12.6. The van der Waals surface area contributed by atoms with E-state index in [9.17, 15) is 4.79 Å². The minimum absolute atomic E-state index is 0.0265. The lowest BCUT2D eigenvalue weighted by Gasteiger charge is -2.21. The Balaban J connectivity index is 2.00. The van der Waals surface area contributed by atoms with Crippen LogP contribution in [0.15, 0.2) is 12.5 Å². The van der Waals surface area contributed by atoms with Crippen LogP contribution in [-0.2, 0) is 7.05 Å². The number of alkyl halides is 1. The molecule has 17 heavy (non-hydrogen) atoms. The molecule has 5 heteroatoms. The Kier molecular flexibility index (Phi) is 4.20. The van der Waals surface area contributed by atoms with Gasteiger partial charge in [-0.05, 0) is 12.8 Å². The fourth-order valence-corrected chi connectivity index (χ4v) is 2.96. The second kappa shape index (κ2) is 5.67. The second-order valence-corrected chi connectivity index (χ2v) is 5.80.